The van der Waals surface area contributed by atoms with Crippen molar-refractivity contribution in [1.82, 2.24) is 4.98 Å². The summed E-state index contributed by atoms with van der Waals surface area (Å²) >= 11 is 4.94. The largest absolute Gasteiger partial charge is 0.490 e. The molecule has 0 aliphatic carbocycles. The predicted octanol–water partition coefficient (Wildman–Crippen LogP) is 5.28. The number of nitrogens with zero attached hydrogens (tertiary/aromatic N) is 2. The van der Waals surface area contributed by atoms with Crippen LogP contribution in [0.5, 0.6) is 11.5 Å². The van der Waals surface area contributed by atoms with Crippen LogP contribution in [0.4, 0.5) is 5.13 Å². The van der Waals surface area contributed by atoms with E-state index in [1.165, 1.54) is 11.3 Å². The fourth-order valence-corrected chi connectivity index (χ4v) is 3.50. The van der Waals surface area contributed by atoms with Gasteiger partial charge in [0.05, 0.1) is 28.6 Å². The molecule has 0 fully saturated rings. The Kier molecular flexibility index (Phi) is 6.78. The third kappa shape index (κ3) is 5.17. The highest BCUT2D eigenvalue weighted by Gasteiger charge is 2.17. The van der Waals surface area contributed by atoms with Crippen molar-refractivity contribution in [3.63, 3.8) is 0 Å². The molecule has 1 heterocycles. The van der Waals surface area contributed by atoms with E-state index in [4.69, 9.17) is 9.47 Å². The first kappa shape index (κ1) is 20.0. The van der Waals surface area contributed by atoms with Crippen molar-refractivity contribution in [1.29, 1.82) is 0 Å². The van der Waals surface area contributed by atoms with Crippen LogP contribution in [0.15, 0.2) is 57.4 Å². The molecule has 0 spiro atoms. The first-order chi connectivity index (χ1) is 13.6. The molecule has 2 aromatic carbocycles. The monoisotopic (exact) mass is 459 g/mol. The summed E-state index contributed by atoms with van der Waals surface area (Å²) in [7, 11) is 0. The second-order valence-electron chi connectivity index (χ2n) is 5.68. The molecule has 144 valence electrons. The Labute approximate surface area is 175 Å². The molecule has 0 amide bonds. The average Bonchev–Trinajstić information content (AvgIpc) is 3.10. The standard InChI is InChI=1S/C20H18BrN3O3S/c1-3-26-17-10-14(11-22-24-20-23-13(2)12-28-20)9-16(21)18(17)27-19(25)15-7-5-4-6-8-15/h4-12H,3H2,1-2H3,(H,23,24). The normalized spacial score (nSPS) is 10.8. The molecule has 0 atom stereocenters. The zero-order valence-corrected chi connectivity index (χ0v) is 17.7. The van der Waals surface area contributed by atoms with Crippen molar-refractivity contribution in [2.45, 2.75) is 13.8 Å². The average molecular weight is 460 g/mol. The maximum absolute atomic E-state index is 12.4. The zero-order valence-electron chi connectivity index (χ0n) is 15.3. The molecule has 0 radical (unpaired) electrons. The van der Waals surface area contributed by atoms with Crippen LogP contribution in [0.3, 0.4) is 0 Å². The molecule has 0 saturated heterocycles. The summed E-state index contributed by atoms with van der Waals surface area (Å²) in [5.41, 5.74) is 5.06. The Balaban J connectivity index is 1.80. The topological polar surface area (TPSA) is 72.8 Å². The number of anilines is 1. The van der Waals surface area contributed by atoms with Gasteiger partial charge in [-0.25, -0.2) is 9.78 Å². The molecule has 3 aromatic rings. The van der Waals surface area contributed by atoms with Gasteiger partial charge >= 0.3 is 5.97 Å². The highest BCUT2D eigenvalue weighted by atomic mass is 79.9. The summed E-state index contributed by atoms with van der Waals surface area (Å²) in [5.74, 6) is 0.327. The number of carbonyl (C=O) groups excluding carboxylic acids is 1. The number of esters is 1. The number of rotatable bonds is 7. The van der Waals surface area contributed by atoms with Crippen molar-refractivity contribution in [2.75, 3.05) is 12.0 Å². The van der Waals surface area contributed by atoms with E-state index < -0.39 is 5.97 Å². The number of hydrogen-bond donors (Lipinski definition) is 1. The van der Waals surface area contributed by atoms with Gasteiger partial charge in [-0.1, -0.05) is 18.2 Å². The molecule has 0 aliphatic heterocycles. The maximum atomic E-state index is 12.4. The number of carbonyl (C=O) groups is 1. The number of nitrogens with one attached hydrogen (secondary N) is 1. The van der Waals surface area contributed by atoms with Crippen LogP contribution in [-0.2, 0) is 0 Å². The fraction of sp³-hybridized carbons (Fsp3) is 0.150. The van der Waals surface area contributed by atoms with Crippen LogP contribution in [-0.4, -0.2) is 23.8 Å². The molecule has 28 heavy (non-hydrogen) atoms. The van der Waals surface area contributed by atoms with E-state index in [2.05, 4.69) is 31.4 Å². The molecule has 0 saturated carbocycles. The Morgan fingerprint density at radius 1 is 1.32 bits per heavy atom. The molecular weight excluding hydrogens is 442 g/mol. The van der Waals surface area contributed by atoms with Crippen LogP contribution in [0.25, 0.3) is 0 Å². The lowest BCUT2D eigenvalue weighted by atomic mass is 10.2. The summed E-state index contributed by atoms with van der Waals surface area (Å²) in [5, 5.41) is 6.85. The van der Waals surface area contributed by atoms with Crippen LogP contribution in [0, 0.1) is 6.92 Å². The molecule has 1 N–H and O–H groups in total. The van der Waals surface area contributed by atoms with Gasteiger partial charge < -0.3 is 9.47 Å². The van der Waals surface area contributed by atoms with E-state index in [1.807, 2.05) is 25.3 Å². The van der Waals surface area contributed by atoms with E-state index >= 15 is 0 Å². The molecular formula is C20H18BrN3O3S. The van der Waals surface area contributed by atoms with Crippen molar-refractivity contribution in [3.8, 4) is 11.5 Å². The zero-order chi connectivity index (χ0) is 19.9. The molecule has 0 aliphatic rings. The van der Waals surface area contributed by atoms with Crippen LogP contribution >= 0.6 is 27.3 Å². The van der Waals surface area contributed by atoms with E-state index in [0.717, 1.165) is 11.3 Å². The predicted molar refractivity (Wildman–Crippen MR) is 115 cm³/mol. The Bertz CT molecular complexity index is 990. The highest BCUT2D eigenvalue weighted by Crippen LogP contribution is 2.37. The van der Waals surface area contributed by atoms with Gasteiger partial charge in [-0.15, -0.1) is 11.3 Å². The van der Waals surface area contributed by atoms with Crippen molar-refractivity contribution in [2.24, 2.45) is 5.10 Å². The number of aromatic nitrogens is 1. The quantitative estimate of drug-likeness (QED) is 0.225. The molecule has 1 aromatic heterocycles. The minimum absolute atomic E-state index is 0.330. The summed E-state index contributed by atoms with van der Waals surface area (Å²) < 4.78 is 11.8. The number of ether oxygens (including phenoxy) is 2. The SMILES string of the molecule is CCOc1cc(C=NNc2nc(C)cs2)cc(Br)c1OC(=O)c1ccccc1. The first-order valence-corrected chi connectivity index (χ1v) is 10.2. The summed E-state index contributed by atoms with van der Waals surface area (Å²) in [6.07, 6.45) is 1.65. The van der Waals surface area contributed by atoms with Gasteiger partial charge in [-0.3, -0.25) is 5.43 Å². The van der Waals surface area contributed by atoms with Gasteiger partial charge in [0, 0.05) is 5.38 Å². The van der Waals surface area contributed by atoms with E-state index in [-0.39, 0.29) is 0 Å². The molecule has 3 rings (SSSR count). The van der Waals surface area contributed by atoms with Crippen LogP contribution < -0.4 is 14.9 Å². The van der Waals surface area contributed by atoms with Gasteiger partial charge in [0.15, 0.2) is 11.5 Å². The smallest absolute Gasteiger partial charge is 0.343 e. The van der Waals surface area contributed by atoms with E-state index in [1.54, 1.807) is 42.6 Å². The van der Waals surface area contributed by atoms with Crippen molar-refractivity contribution in [3.05, 3.63) is 69.1 Å². The Hall–Kier alpha value is -2.71. The van der Waals surface area contributed by atoms with Gasteiger partial charge in [0.2, 0.25) is 5.13 Å². The summed E-state index contributed by atoms with van der Waals surface area (Å²) in [6, 6.07) is 12.4. The minimum atomic E-state index is -0.454. The number of halogens is 1. The number of thiazole rings is 1. The first-order valence-electron chi connectivity index (χ1n) is 8.51. The lowest BCUT2D eigenvalue weighted by molar-refractivity contribution is 0.0727. The third-order valence-electron chi connectivity index (χ3n) is 3.53. The number of hydrazone groups is 1. The molecule has 6 nitrogen and oxygen atoms in total. The van der Waals surface area contributed by atoms with Crippen molar-refractivity contribution < 1.29 is 14.3 Å². The van der Waals surface area contributed by atoms with Crippen molar-refractivity contribution >= 4 is 44.6 Å². The third-order valence-corrected chi connectivity index (χ3v) is 4.98. The van der Waals surface area contributed by atoms with E-state index in [0.29, 0.717) is 33.3 Å². The molecule has 0 unspecified atom stereocenters. The van der Waals surface area contributed by atoms with Crippen LogP contribution in [0.2, 0.25) is 0 Å². The lowest BCUT2D eigenvalue weighted by Gasteiger charge is -2.13. The lowest BCUT2D eigenvalue weighted by Crippen LogP contribution is -2.10. The fourth-order valence-electron chi connectivity index (χ4n) is 2.32. The minimum Gasteiger partial charge on any atom is -0.490 e. The highest BCUT2D eigenvalue weighted by molar-refractivity contribution is 9.10. The van der Waals surface area contributed by atoms with Crippen LogP contribution in [0.1, 0.15) is 28.5 Å². The maximum Gasteiger partial charge on any atom is 0.343 e. The number of aryl methyl sites for hydroxylation is 1. The number of hydrogen-bond acceptors (Lipinski definition) is 7. The Morgan fingerprint density at radius 2 is 2.11 bits per heavy atom. The van der Waals surface area contributed by atoms with Gasteiger partial charge in [-0.05, 0) is 59.6 Å². The van der Waals surface area contributed by atoms with Gasteiger partial charge in [0.25, 0.3) is 0 Å². The van der Waals surface area contributed by atoms with E-state index in [9.17, 15) is 4.79 Å². The molecule has 8 heteroatoms. The number of benzene rings is 2. The molecule has 0 bridgehead atoms. The summed E-state index contributed by atoms with van der Waals surface area (Å²) in [6.45, 7) is 4.22. The van der Waals surface area contributed by atoms with Gasteiger partial charge in [-0.2, -0.15) is 5.10 Å². The Morgan fingerprint density at radius 3 is 2.79 bits per heavy atom. The summed E-state index contributed by atoms with van der Waals surface area (Å²) in [4.78, 5) is 16.7. The second kappa shape index (κ2) is 9.48. The second-order valence-corrected chi connectivity index (χ2v) is 7.40. The van der Waals surface area contributed by atoms with Gasteiger partial charge in [0.1, 0.15) is 0 Å².